The highest BCUT2D eigenvalue weighted by Gasteiger charge is 2.29. The molecule has 0 aliphatic heterocycles. The van der Waals surface area contributed by atoms with E-state index in [1.165, 1.54) is 11.1 Å². The number of aryl methyl sites for hydroxylation is 1. The van der Waals surface area contributed by atoms with Crippen molar-refractivity contribution in [1.82, 2.24) is 0 Å². The molecule has 3 aromatic rings. The van der Waals surface area contributed by atoms with Crippen LogP contribution in [0, 0.1) is 6.92 Å². The first-order valence-electron chi connectivity index (χ1n) is 11.2. The smallest absolute Gasteiger partial charge is 0.386 e. The summed E-state index contributed by atoms with van der Waals surface area (Å²) < 4.78 is 0. The Morgan fingerprint density at radius 3 is 1.32 bits per heavy atom. The number of phenolic OH excluding ortho intramolecular Hbond substituents is 1. The molecule has 0 saturated carbocycles. The molecule has 0 unspecified atom stereocenters. The third-order valence-corrected chi connectivity index (χ3v) is 5.10. The molecule has 0 bridgehead atoms. The lowest BCUT2D eigenvalue weighted by Gasteiger charge is -2.32. The van der Waals surface area contributed by atoms with Gasteiger partial charge in [-0.1, -0.05) is 84.0 Å². The molecule has 3 aromatic carbocycles. The molecule has 5 nitrogen and oxygen atoms in total. The van der Waals surface area contributed by atoms with Gasteiger partial charge in [0.15, 0.2) is 0 Å². The summed E-state index contributed by atoms with van der Waals surface area (Å²) >= 11 is 0. The summed E-state index contributed by atoms with van der Waals surface area (Å²) in [7, 11) is 0. The molecule has 5 heteroatoms. The first kappa shape index (κ1) is 26.7. The van der Waals surface area contributed by atoms with Crippen LogP contribution in [0.3, 0.4) is 0 Å². The molecule has 0 saturated heterocycles. The lowest BCUT2D eigenvalue weighted by atomic mass is 9.73. The number of carbonyl (C=O) groups excluding carboxylic acids is 2. The van der Waals surface area contributed by atoms with Crippen molar-refractivity contribution in [3.63, 3.8) is 0 Å². The van der Waals surface area contributed by atoms with Gasteiger partial charge in [-0.25, -0.2) is 19.4 Å². The van der Waals surface area contributed by atoms with Crippen molar-refractivity contribution in [1.29, 1.82) is 0 Å². The third kappa shape index (κ3) is 7.20. The van der Waals surface area contributed by atoms with Gasteiger partial charge in [0.2, 0.25) is 0 Å². The maximum absolute atomic E-state index is 11.5. The lowest BCUT2D eigenvalue weighted by Crippen LogP contribution is -2.23. The SMILES string of the molecule is Cc1ccc(O)c(C(C)(C)C)c1C(C)(C)C.O=C(OOC(=O)c1ccccc1)c1ccccc1. The summed E-state index contributed by atoms with van der Waals surface area (Å²) in [5.41, 5.74) is 4.29. The van der Waals surface area contributed by atoms with Gasteiger partial charge in [0.25, 0.3) is 0 Å². The first-order valence-corrected chi connectivity index (χ1v) is 11.2. The van der Waals surface area contributed by atoms with Crippen molar-refractivity contribution in [3.05, 3.63) is 101 Å². The van der Waals surface area contributed by atoms with Crippen LogP contribution in [0.5, 0.6) is 5.75 Å². The zero-order valence-electron chi connectivity index (χ0n) is 21.0. The van der Waals surface area contributed by atoms with Crippen LogP contribution in [0.2, 0.25) is 0 Å². The maximum Gasteiger partial charge on any atom is 0.386 e. The number of rotatable bonds is 2. The molecule has 180 valence electrons. The monoisotopic (exact) mass is 462 g/mol. The molecule has 3 rings (SSSR count). The Balaban J connectivity index is 0.000000242. The molecule has 0 heterocycles. The lowest BCUT2D eigenvalue weighted by molar-refractivity contribution is -0.187. The van der Waals surface area contributed by atoms with E-state index in [4.69, 9.17) is 0 Å². The fraction of sp³-hybridized carbons (Fsp3) is 0.310. The minimum Gasteiger partial charge on any atom is -0.508 e. The Labute approximate surface area is 202 Å². The highest BCUT2D eigenvalue weighted by Crippen LogP contribution is 2.40. The normalized spacial score (nSPS) is 11.1. The summed E-state index contributed by atoms with van der Waals surface area (Å²) in [6.07, 6.45) is 0. The standard InChI is InChI=1S/C15H24O.C14H10O4/c1-10-8-9-11(16)13(15(5,6)7)12(10)14(2,3)4;15-13(11-7-3-1-4-8-11)17-18-14(16)12-9-5-2-6-10-12/h8-9,16H,1-7H3;1-10H. The van der Waals surface area contributed by atoms with Crippen LogP contribution >= 0.6 is 0 Å². The molecule has 0 amide bonds. The number of aromatic hydroxyl groups is 1. The Kier molecular flexibility index (Phi) is 8.63. The van der Waals surface area contributed by atoms with E-state index < -0.39 is 11.9 Å². The molecule has 1 N–H and O–H groups in total. The number of carbonyl (C=O) groups is 2. The third-order valence-electron chi connectivity index (χ3n) is 5.10. The van der Waals surface area contributed by atoms with Gasteiger partial charge in [-0.3, -0.25) is 0 Å². The van der Waals surface area contributed by atoms with E-state index in [0.29, 0.717) is 16.9 Å². The van der Waals surface area contributed by atoms with Crippen molar-refractivity contribution in [2.45, 2.75) is 59.3 Å². The van der Waals surface area contributed by atoms with Crippen LogP contribution < -0.4 is 0 Å². The van der Waals surface area contributed by atoms with Gasteiger partial charge in [0.1, 0.15) is 5.75 Å². The van der Waals surface area contributed by atoms with E-state index in [1.54, 1.807) is 60.7 Å². The second-order valence-electron chi connectivity index (χ2n) is 10.1. The van der Waals surface area contributed by atoms with Gasteiger partial charge >= 0.3 is 11.9 Å². The highest BCUT2D eigenvalue weighted by atomic mass is 17.2. The maximum atomic E-state index is 11.5. The van der Waals surface area contributed by atoms with Gasteiger partial charge in [-0.2, -0.15) is 0 Å². The Morgan fingerprint density at radius 1 is 0.618 bits per heavy atom. The van der Waals surface area contributed by atoms with Gasteiger partial charge in [0, 0.05) is 5.56 Å². The van der Waals surface area contributed by atoms with E-state index in [1.807, 2.05) is 12.1 Å². The number of hydrogen-bond donors (Lipinski definition) is 1. The van der Waals surface area contributed by atoms with Crippen LogP contribution in [0.15, 0.2) is 72.8 Å². The van der Waals surface area contributed by atoms with Gasteiger partial charge in [0.05, 0.1) is 11.1 Å². The summed E-state index contributed by atoms with van der Waals surface area (Å²) in [4.78, 5) is 31.9. The van der Waals surface area contributed by atoms with Crippen molar-refractivity contribution in [3.8, 4) is 5.75 Å². The minimum absolute atomic E-state index is 0.0291. The summed E-state index contributed by atoms with van der Waals surface area (Å²) in [6, 6.07) is 20.4. The van der Waals surface area contributed by atoms with Crippen LogP contribution in [0.25, 0.3) is 0 Å². The number of benzene rings is 3. The largest absolute Gasteiger partial charge is 0.508 e. The fourth-order valence-corrected chi connectivity index (χ4v) is 3.74. The predicted molar refractivity (Wildman–Crippen MR) is 134 cm³/mol. The molecule has 0 aliphatic rings. The van der Waals surface area contributed by atoms with Gasteiger partial charge < -0.3 is 5.11 Å². The molecule has 0 radical (unpaired) electrons. The number of hydrogen-bond acceptors (Lipinski definition) is 5. The summed E-state index contributed by atoms with van der Waals surface area (Å²) in [6.45, 7) is 15.2. The molecular weight excluding hydrogens is 428 g/mol. The van der Waals surface area contributed by atoms with Gasteiger partial charge in [-0.15, -0.1) is 0 Å². The van der Waals surface area contributed by atoms with Crippen LogP contribution in [-0.4, -0.2) is 17.0 Å². The van der Waals surface area contributed by atoms with E-state index in [0.717, 1.165) is 5.56 Å². The first-order chi connectivity index (χ1) is 15.8. The van der Waals surface area contributed by atoms with E-state index in [2.05, 4.69) is 58.2 Å². The van der Waals surface area contributed by atoms with Crippen LogP contribution in [-0.2, 0) is 20.6 Å². The highest BCUT2D eigenvalue weighted by molar-refractivity contribution is 5.92. The van der Waals surface area contributed by atoms with Crippen LogP contribution in [0.1, 0.15) is 78.9 Å². The second-order valence-corrected chi connectivity index (χ2v) is 10.1. The Morgan fingerprint density at radius 2 is 1.00 bits per heavy atom. The average Bonchev–Trinajstić information content (AvgIpc) is 2.78. The number of phenols is 1. The van der Waals surface area contributed by atoms with E-state index in [9.17, 15) is 14.7 Å². The zero-order valence-corrected chi connectivity index (χ0v) is 21.0. The van der Waals surface area contributed by atoms with Crippen molar-refractivity contribution >= 4 is 11.9 Å². The molecule has 0 aliphatic carbocycles. The summed E-state index contributed by atoms with van der Waals surface area (Å²) in [5.74, 6) is -0.997. The quantitative estimate of drug-likeness (QED) is 0.331. The van der Waals surface area contributed by atoms with E-state index >= 15 is 0 Å². The van der Waals surface area contributed by atoms with Crippen LogP contribution in [0.4, 0.5) is 0 Å². The van der Waals surface area contributed by atoms with Crippen molar-refractivity contribution < 1.29 is 24.5 Å². The van der Waals surface area contributed by atoms with E-state index in [-0.39, 0.29) is 10.8 Å². The predicted octanol–water partition coefficient (Wildman–Crippen LogP) is 6.91. The second kappa shape index (κ2) is 11.0. The minimum atomic E-state index is -0.708. The molecule has 0 aromatic heterocycles. The Hall–Kier alpha value is -3.60. The molecule has 34 heavy (non-hydrogen) atoms. The van der Waals surface area contributed by atoms with Gasteiger partial charge in [-0.05, 0) is 59.2 Å². The molecule has 0 spiro atoms. The summed E-state index contributed by atoms with van der Waals surface area (Å²) in [5, 5.41) is 10.1. The Bertz CT molecular complexity index is 1010. The van der Waals surface area contributed by atoms with Crippen molar-refractivity contribution in [2.24, 2.45) is 0 Å². The molecular formula is C29H34O5. The molecule has 0 atom stereocenters. The average molecular weight is 463 g/mol. The molecule has 0 fully saturated rings. The fourth-order valence-electron chi connectivity index (χ4n) is 3.74. The van der Waals surface area contributed by atoms with Crippen molar-refractivity contribution in [2.75, 3.05) is 0 Å². The zero-order chi connectivity index (χ0) is 25.5. The topological polar surface area (TPSA) is 72.8 Å².